The molecule has 1 heterocycles. The largest absolute Gasteiger partial charge is 0.326 e. The van der Waals surface area contributed by atoms with E-state index in [1.165, 1.54) is 0 Å². The van der Waals surface area contributed by atoms with Gasteiger partial charge >= 0.3 is 0 Å². The molecule has 2 aromatic carbocycles. The van der Waals surface area contributed by atoms with E-state index in [2.05, 4.69) is 15.9 Å². The van der Waals surface area contributed by atoms with Crippen LogP contribution in [0.15, 0.2) is 59.9 Å². The molecule has 1 unspecified atom stereocenters. The van der Waals surface area contributed by atoms with E-state index in [4.69, 9.17) is 0 Å². The van der Waals surface area contributed by atoms with Gasteiger partial charge in [-0.3, -0.25) is 9.59 Å². The smallest absolute Gasteiger partial charge is 0.249 e. The highest BCUT2D eigenvalue weighted by atomic mass is 16.3. The number of nitrogens with one attached hydrogen (secondary N) is 2. The maximum atomic E-state index is 12.2. The summed E-state index contributed by atoms with van der Waals surface area (Å²) in [5, 5.41) is 9.34. The third kappa shape index (κ3) is 3.03. The van der Waals surface area contributed by atoms with Crippen molar-refractivity contribution in [3.05, 3.63) is 59.5 Å². The van der Waals surface area contributed by atoms with Gasteiger partial charge in [0.2, 0.25) is 11.8 Å². The molecule has 1 aliphatic rings. The van der Waals surface area contributed by atoms with Crippen LogP contribution in [0.2, 0.25) is 0 Å². The number of nitrogens with zero attached hydrogens (tertiary/aromatic N) is 2. The van der Waals surface area contributed by atoms with E-state index in [1.54, 1.807) is 48.5 Å². The first-order chi connectivity index (χ1) is 11.2. The van der Waals surface area contributed by atoms with E-state index < -0.39 is 11.9 Å². The Labute approximate surface area is 132 Å². The fourth-order valence-electron chi connectivity index (χ4n) is 2.46. The molecule has 7 nitrogen and oxygen atoms in total. The fraction of sp³-hybridized carbons (Fsp3) is 0.125. The molecule has 2 N–H and O–H groups in total. The Bertz CT molecular complexity index is 748. The molecule has 23 heavy (non-hydrogen) atoms. The number of fused-ring (bicyclic) bond motifs is 1. The third-order valence-electron chi connectivity index (χ3n) is 3.53. The normalized spacial score (nSPS) is 16.3. The van der Waals surface area contributed by atoms with Crippen LogP contribution in [0.5, 0.6) is 0 Å². The van der Waals surface area contributed by atoms with E-state index in [-0.39, 0.29) is 12.3 Å². The molecule has 2 amide bonds. The Kier molecular flexibility index (Phi) is 4.01. The summed E-state index contributed by atoms with van der Waals surface area (Å²) in [7, 11) is 0. The van der Waals surface area contributed by atoms with Crippen molar-refractivity contribution in [2.45, 2.75) is 12.5 Å². The Morgan fingerprint density at radius 3 is 2.57 bits per heavy atom. The van der Waals surface area contributed by atoms with E-state index in [0.29, 0.717) is 17.1 Å². The zero-order valence-corrected chi connectivity index (χ0v) is 12.1. The van der Waals surface area contributed by atoms with Gasteiger partial charge in [0, 0.05) is 5.69 Å². The van der Waals surface area contributed by atoms with Crippen molar-refractivity contribution in [3.8, 4) is 0 Å². The van der Waals surface area contributed by atoms with Gasteiger partial charge in [-0.1, -0.05) is 30.3 Å². The predicted octanol–water partition coefficient (Wildman–Crippen LogP) is 2.52. The van der Waals surface area contributed by atoms with Crippen molar-refractivity contribution in [2.75, 3.05) is 15.6 Å². The van der Waals surface area contributed by atoms with Crippen LogP contribution in [0.3, 0.4) is 0 Å². The first-order valence-corrected chi connectivity index (χ1v) is 7.06. The summed E-state index contributed by atoms with van der Waals surface area (Å²) in [6, 6.07) is 14.7. The number of nitroso groups, excluding NO2 is 1. The molecular weight excluding hydrogens is 296 g/mol. The van der Waals surface area contributed by atoms with E-state index in [9.17, 15) is 14.5 Å². The second-order valence-corrected chi connectivity index (χ2v) is 5.07. The fourth-order valence-corrected chi connectivity index (χ4v) is 2.46. The van der Waals surface area contributed by atoms with Gasteiger partial charge in [0.25, 0.3) is 0 Å². The number of anilines is 3. The summed E-state index contributed by atoms with van der Waals surface area (Å²) in [6.07, 6.45) is -0.180. The highest BCUT2D eigenvalue weighted by molar-refractivity contribution is 6.06. The van der Waals surface area contributed by atoms with Crippen LogP contribution < -0.4 is 15.6 Å². The van der Waals surface area contributed by atoms with Crippen molar-refractivity contribution in [1.29, 1.82) is 0 Å². The standard InChI is InChI=1S/C16H14N4O3/c21-15(17-11-6-2-1-3-7-11)10-14-16(22)18-12-8-4-5-9-13(12)20(14)19-23/h1-9,14H,10H2,(H,17,21)(H,18,22). The molecule has 116 valence electrons. The minimum absolute atomic E-state index is 0.180. The number of rotatable bonds is 4. The highest BCUT2D eigenvalue weighted by Crippen LogP contribution is 2.32. The van der Waals surface area contributed by atoms with Crippen LogP contribution in [0.4, 0.5) is 17.1 Å². The zero-order chi connectivity index (χ0) is 16.2. The summed E-state index contributed by atoms with van der Waals surface area (Å²) in [5.74, 6) is -0.809. The van der Waals surface area contributed by atoms with E-state index in [0.717, 1.165) is 5.01 Å². The average Bonchev–Trinajstić information content (AvgIpc) is 2.56. The maximum Gasteiger partial charge on any atom is 0.249 e. The number of para-hydroxylation sites is 3. The van der Waals surface area contributed by atoms with Gasteiger partial charge in [-0.05, 0) is 24.3 Å². The number of hydrogen-bond donors (Lipinski definition) is 2. The minimum atomic E-state index is -0.980. The topological polar surface area (TPSA) is 90.9 Å². The lowest BCUT2D eigenvalue weighted by atomic mass is 10.1. The second-order valence-electron chi connectivity index (χ2n) is 5.07. The third-order valence-corrected chi connectivity index (χ3v) is 3.53. The van der Waals surface area contributed by atoms with Crippen LogP contribution in [-0.4, -0.2) is 17.9 Å². The minimum Gasteiger partial charge on any atom is -0.326 e. The lowest BCUT2D eigenvalue weighted by Gasteiger charge is -2.31. The molecule has 0 saturated heterocycles. The Morgan fingerprint density at radius 1 is 1.13 bits per heavy atom. The second kappa shape index (κ2) is 6.27. The molecule has 0 fully saturated rings. The molecule has 1 atom stereocenters. The van der Waals surface area contributed by atoms with Gasteiger partial charge in [0.05, 0.1) is 23.1 Å². The van der Waals surface area contributed by atoms with Gasteiger partial charge in [0.1, 0.15) is 6.04 Å². The molecular formula is C16H14N4O3. The number of carbonyl (C=O) groups excluding carboxylic acids is 2. The van der Waals surface area contributed by atoms with Gasteiger partial charge in [0.15, 0.2) is 0 Å². The first-order valence-electron chi connectivity index (χ1n) is 7.06. The Hall–Kier alpha value is -3.22. The first kappa shape index (κ1) is 14.7. The lowest BCUT2D eigenvalue weighted by molar-refractivity contribution is -0.122. The van der Waals surface area contributed by atoms with Crippen LogP contribution in [0.25, 0.3) is 0 Å². The van der Waals surface area contributed by atoms with Crippen LogP contribution in [0.1, 0.15) is 6.42 Å². The number of hydrogen-bond acceptors (Lipinski definition) is 4. The molecule has 3 rings (SSSR count). The molecule has 0 saturated carbocycles. The van der Waals surface area contributed by atoms with E-state index in [1.807, 2.05) is 6.07 Å². The molecule has 7 heteroatoms. The number of amides is 2. The van der Waals surface area contributed by atoms with Crippen LogP contribution in [0, 0.1) is 4.91 Å². The molecule has 2 aromatic rings. The average molecular weight is 310 g/mol. The molecule has 0 aromatic heterocycles. The predicted molar refractivity (Wildman–Crippen MR) is 86.8 cm³/mol. The molecule has 0 spiro atoms. The quantitative estimate of drug-likeness (QED) is 0.849. The van der Waals surface area contributed by atoms with Gasteiger partial charge in [-0.2, -0.15) is 0 Å². The van der Waals surface area contributed by atoms with E-state index >= 15 is 0 Å². The Morgan fingerprint density at radius 2 is 1.83 bits per heavy atom. The van der Waals surface area contributed by atoms with Crippen molar-refractivity contribution in [1.82, 2.24) is 0 Å². The van der Waals surface area contributed by atoms with Crippen LogP contribution >= 0.6 is 0 Å². The lowest BCUT2D eigenvalue weighted by Crippen LogP contribution is -2.47. The molecule has 0 radical (unpaired) electrons. The molecule has 1 aliphatic heterocycles. The van der Waals surface area contributed by atoms with Gasteiger partial charge < -0.3 is 10.6 Å². The summed E-state index contributed by atoms with van der Waals surface area (Å²) < 4.78 is 0. The summed E-state index contributed by atoms with van der Waals surface area (Å²) >= 11 is 0. The van der Waals surface area contributed by atoms with Crippen molar-refractivity contribution in [2.24, 2.45) is 5.29 Å². The molecule has 0 aliphatic carbocycles. The summed E-state index contributed by atoms with van der Waals surface area (Å²) in [6.45, 7) is 0. The van der Waals surface area contributed by atoms with Gasteiger partial charge in [-0.15, -0.1) is 4.91 Å². The zero-order valence-electron chi connectivity index (χ0n) is 12.1. The van der Waals surface area contributed by atoms with Crippen molar-refractivity contribution < 1.29 is 9.59 Å². The number of benzene rings is 2. The van der Waals surface area contributed by atoms with Crippen LogP contribution in [-0.2, 0) is 9.59 Å². The van der Waals surface area contributed by atoms with Gasteiger partial charge in [-0.25, -0.2) is 5.01 Å². The monoisotopic (exact) mass is 310 g/mol. The Balaban J connectivity index is 1.78. The molecule has 0 bridgehead atoms. The van der Waals surface area contributed by atoms with Crippen molar-refractivity contribution in [3.63, 3.8) is 0 Å². The SMILES string of the molecule is O=NN1c2ccccc2NC(=O)C1CC(=O)Nc1ccccc1. The maximum absolute atomic E-state index is 12.2. The highest BCUT2D eigenvalue weighted by Gasteiger charge is 2.35. The van der Waals surface area contributed by atoms with Crippen molar-refractivity contribution >= 4 is 28.9 Å². The summed E-state index contributed by atoms with van der Waals surface area (Å²) in [4.78, 5) is 35.5. The number of carbonyl (C=O) groups is 2. The summed E-state index contributed by atoms with van der Waals surface area (Å²) in [5.41, 5.74) is 1.59.